The summed E-state index contributed by atoms with van der Waals surface area (Å²) >= 11 is 6.33. The Balaban J connectivity index is 1.66. The molecule has 1 aliphatic heterocycles. The van der Waals surface area contributed by atoms with Crippen molar-refractivity contribution in [3.05, 3.63) is 67.6 Å². The number of esters is 1. The van der Waals surface area contributed by atoms with Crippen molar-refractivity contribution in [3.8, 4) is 6.07 Å². The van der Waals surface area contributed by atoms with Gasteiger partial charge in [0.05, 0.1) is 7.11 Å². The zero-order valence-electron chi connectivity index (χ0n) is 19.0. The van der Waals surface area contributed by atoms with E-state index in [0.29, 0.717) is 54.4 Å². The van der Waals surface area contributed by atoms with Gasteiger partial charge in [-0.25, -0.2) is 4.79 Å². The van der Waals surface area contributed by atoms with Crippen LogP contribution in [0, 0.1) is 25.2 Å². The van der Waals surface area contributed by atoms with Gasteiger partial charge in [-0.2, -0.15) is 5.26 Å². The minimum absolute atomic E-state index is 0.00878. The standard InChI is InChI=1S/C24H27ClN4O4/c1-15-17(16(2)27-23(31)19(15)14-26)8-9-21(30)28-10-12-29(13-11-28)22(24(32)33-3)18-6-4-5-7-20(18)25/h4-7,22H,8-13H2,1-3H3,(H,27,31). The zero-order valence-corrected chi connectivity index (χ0v) is 19.7. The van der Waals surface area contributed by atoms with E-state index in [0.717, 1.165) is 5.56 Å². The van der Waals surface area contributed by atoms with Crippen molar-refractivity contribution in [1.82, 2.24) is 14.8 Å². The number of aromatic nitrogens is 1. The lowest BCUT2D eigenvalue weighted by Gasteiger charge is -2.38. The maximum Gasteiger partial charge on any atom is 0.327 e. The zero-order chi connectivity index (χ0) is 24.1. The summed E-state index contributed by atoms with van der Waals surface area (Å²) in [6, 6.07) is 8.50. The molecule has 0 saturated carbocycles. The van der Waals surface area contributed by atoms with E-state index in [1.165, 1.54) is 7.11 Å². The molecule has 0 aliphatic carbocycles. The molecule has 174 valence electrons. The van der Waals surface area contributed by atoms with Crippen molar-refractivity contribution in [2.75, 3.05) is 33.3 Å². The van der Waals surface area contributed by atoms with E-state index >= 15 is 0 Å². The van der Waals surface area contributed by atoms with Crippen molar-refractivity contribution >= 4 is 23.5 Å². The Labute approximate surface area is 197 Å². The predicted octanol–water partition coefficient (Wildman–Crippen LogP) is 2.51. The molecule has 3 rings (SSSR count). The fourth-order valence-corrected chi connectivity index (χ4v) is 4.56. The number of halogens is 1. The lowest BCUT2D eigenvalue weighted by atomic mass is 9.98. The molecule has 2 aromatic rings. The number of hydrogen-bond donors (Lipinski definition) is 1. The van der Waals surface area contributed by atoms with E-state index in [2.05, 4.69) is 4.98 Å². The normalized spacial score (nSPS) is 15.1. The minimum Gasteiger partial charge on any atom is -0.468 e. The van der Waals surface area contributed by atoms with Gasteiger partial charge < -0.3 is 14.6 Å². The molecular formula is C24H27ClN4O4. The molecule has 1 aliphatic rings. The average molecular weight is 471 g/mol. The van der Waals surface area contributed by atoms with E-state index in [1.54, 1.807) is 24.8 Å². The lowest BCUT2D eigenvalue weighted by Crippen LogP contribution is -2.51. The maximum absolute atomic E-state index is 12.9. The SMILES string of the molecule is COC(=O)C(c1ccccc1Cl)N1CCN(C(=O)CCc2c(C)[nH]c(=O)c(C#N)c2C)CC1. The number of amides is 1. The second-order valence-electron chi connectivity index (χ2n) is 8.03. The van der Waals surface area contributed by atoms with Crippen LogP contribution in [0.3, 0.4) is 0 Å². The van der Waals surface area contributed by atoms with Gasteiger partial charge in [0.2, 0.25) is 5.91 Å². The third-order valence-electron chi connectivity index (χ3n) is 6.17. The Bertz CT molecular complexity index is 1150. The second-order valence-corrected chi connectivity index (χ2v) is 8.44. The van der Waals surface area contributed by atoms with Crippen LogP contribution in [0.1, 0.15) is 40.4 Å². The number of carbonyl (C=O) groups is 2. The fraction of sp³-hybridized carbons (Fsp3) is 0.417. The third kappa shape index (κ3) is 5.27. The van der Waals surface area contributed by atoms with Crippen LogP contribution in [0.5, 0.6) is 0 Å². The number of methoxy groups -OCH3 is 1. The molecule has 1 unspecified atom stereocenters. The van der Waals surface area contributed by atoms with Crippen molar-refractivity contribution < 1.29 is 14.3 Å². The number of nitrogens with one attached hydrogen (secondary N) is 1. The van der Waals surface area contributed by atoms with Gasteiger partial charge in [0.1, 0.15) is 17.7 Å². The molecule has 1 N–H and O–H groups in total. The van der Waals surface area contributed by atoms with E-state index in [-0.39, 0.29) is 23.9 Å². The highest BCUT2D eigenvalue weighted by Crippen LogP contribution is 2.29. The summed E-state index contributed by atoms with van der Waals surface area (Å²) in [6.45, 7) is 5.47. The number of piperazine rings is 1. The molecule has 1 aromatic heterocycles. The van der Waals surface area contributed by atoms with Crippen LogP contribution < -0.4 is 5.56 Å². The van der Waals surface area contributed by atoms with Crippen LogP contribution in [0.25, 0.3) is 0 Å². The molecule has 0 bridgehead atoms. The fourth-order valence-electron chi connectivity index (χ4n) is 4.32. The molecule has 33 heavy (non-hydrogen) atoms. The summed E-state index contributed by atoms with van der Waals surface area (Å²) in [6.07, 6.45) is 0.704. The minimum atomic E-state index is -0.628. The van der Waals surface area contributed by atoms with Crippen molar-refractivity contribution in [2.24, 2.45) is 0 Å². The van der Waals surface area contributed by atoms with Gasteiger partial charge in [0.25, 0.3) is 5.56 Å². The average Bonchev–Trinajstić information content (AvgIpc) is 2.80. The van der Waals surface area contributed by atoms with Crippen LogP contribution in [0.15, 0.2) is 29.1 Å². The molecule has 1 atom stereocenters. The smallest absolute Gasteiger partial charge is 0.327 e. The number of benzene rings is 1. The Hall–Kier alpha value is -3.15. The highest BCUT2D eigenvalue weighted by Gasteiger charge is 2.33. The monoisotopic (exact) mass is 470 g/mol. The number of nitrogens with zero attached hydrogens (tertiary/aromatic N) is 3. The second kappa shape index (κ2) is 10.6. The first-order valence-electron chi connectivity index (χ1n) is 10.7. The van der Waals surface area contributed by atoms with Gasteiger partial charge >= 0.3 is 5.97 Å². The number of ether oxygens (including phenoxy) is 1. The molecule has 1 fully saturated rings. The summed E-state index contributed by atoms with van der Waals surface area (Å²) < 4.78 is 5.02. The lowest BCUT2D eigenvalue weighted by molar-refractivity contribution is -0.148. The summed E-state index contributed by atoms with van der Waals surface area (Å²) in [7, 11) is 1.35. The van der Waals surface area contributed by atoms with Crippen LogP contribution in [0.2, 0.25) is 5.02 Å². The first-order valence-corrected chi connectivity index (χ1v) is 11.1. The number of carbonyl (C=O) groups excluding carboxylic acids is 2. The maximum atomic E-state index is 12.9. The summed E-state index contributed by atoms with van der Waals surface area (Å²) in [5.74, 6) is -0.397. The molecule has 1 aromatic carbocycles. The number of nitriles is 1. The molecule has 0 radical (unpaired) electrons. The number of aromatic amines is 1. The molecular weight excluding hydrogens is 444 g/mol. The van der Waals surface area contributed by atoms with E-state index in [1.807, 2.05) is 29.2 Å². The topological polar surface area (TPSA) is 106 Å². The van der Waals surface area contributed by atoms with Gasteiger partial charge in [-0.15, -0.1) is 0 Å². The molecule has 1 saturated heterocycles. The van der Waals surface area contributed by atoms with Crippen molar-refractivity contribution in [2.45, 2.75) is 32.7 Å². The van der Waals surface area contributed by atoms with E-state index in [4.69, 9.17) is 16.3 Å². The third-order valence-corrected chi connectivity index (χ3v) is 6.51. The van der Waals surface area contributed by atoms with Gasteiger partial charge in [0, 0.05) is 43.3 Å². The molecule has 9 heteroatoms. The number of aryl methyl sites for hydroxylation is 1. The van der Waals surface area contributed by atoms with Crippen LogP contribution in [-0.2, 0) is 20.7 Å². The largest absolute Gasteiger partial charge is 0.468 e. The molecule has 8 nitrogen and oxygen atoms in total. The first kappa shape index (κ1) is 24.5. The predicted molar refractivity (Wildman–Crippen MR) is 124 cm³/mol. The van der Waals surface area contributed by atoms with Crippen molar-refractivity contribution in [3.63, 3.8) is 0 Å². The van der Waals surface area contributed by atoms with Crippen molar-refractivity contribution in [1.29, 1.82) is 5.26 Å². The van der Waals surface area contributed by atoms with Crippen LogP contribution in [-0.4, -0.2) is 59.9 Å². The number of rotatable bonds is 6. The molecule has 0 spiro atoms. The molecule has 1 amide bonds. The van der Waals surface area contributed by atoms with Gasteiger partial charge in [-0.05, 0) is 43.0 Å². The Morgan fingerprint density at radius 3 is 2.48 bits per heavy atom. The summed E-state index contributed by atoms with van der Waals surface area (Å²) in [4.78, 5) is 43.7. The highest BCUT2D eigenvalue weighted by atomic mass is 35.5. The quantitative estimate of drug-likeness (QED) is 0.650. The summed E-state index contributed by atoms with van der Waals surface area (Å²) in [5.41, 5.74) is 2.49. The van der Waals surface area contributed by atoms with Crippen LogP contribution >= 0.6 is 11.6 Å². The van der Waals surface area contributed by atoms with Gasteiger partial charge in [-0.3, -0.25) is 14.5 Å². The van der Waals surface area contributed by atoms with Gasteiger partial charge in [0.15, 0.2) is 0 Å². The number of H-pyrrole nitrogens is 1. The first-order chi connectivity index (χ1) is 15.8. The Morgan fingerprint density at radius 1 is 1.21 bits per heavy atom. The van der Waals surface area contributed by atoms with E-state index < -0.39 is 11.6 Å². The number of pyridine rings is 1. The highest BCUT2D eigenvalue weighted by molar-refractivity contribution is 6.31. The number of hydrogen-bond acceptors (Lipinski definition) is 6. The summed E-state index contributed by atoms with van der Waals surface area (Å²) in [5, 5.41) is 9.73. The Morgan fingerprint density at radius 2 is 1.88 bits per heavy atom. The van der Waals surface area contributed by atoms with Gasteiger partial charge in [-0.1, -0.05) is 29.8 Å². The Kier molecular flexibility index (Phi) is 7.90. The van der Waals surface area contributed by atoms with Crippen LogP contribution in [0.4, 0.5) is 0 Å². The molecule has 2 heterocycles. The van der Waals surface area contributed by atoms with E-state index in [9.17, 15) is 19.6 Å².